The number of benzene rings is 1. The van der Waals surface area contributed by atoms with Crippen molar-refractivity contribution in [2.75, 3.05) is 0 Å². The van der Waals surface area contributed by atoms with Gasteiger partial charge in [0.05, 0.1) is 0 Å². The summed E-state index contributed by atoms with van der Waals surface area (Å²) in [6, 6.07) is 2.68. The number of carboxylic acid groups (broad SMARTS) is 1. The monoisotopic (exact) mass is 335 g/mol. The van der Waals surface area contributed by atoms with Gasteiger partial charge in [-0.2, -0.15) is 0 Å². The van der Waals surface area contributed by atoms with Crippen LogP contribution in [0.2, 0.25) is 0 Å². The second kappa shape index (κ2) is 6.83. The Bertz CT molecular complexity index is 601. The molecule has 1 aromatic carbocycles. The van der Waals surface area contributed by atoms with Crippen molar-refractivity contribution in [3.63, 3.8) is 0 Å². The highest BCUT2D eigenvalue weighted by molar-refractivity contribution is 5.82. The lowest BCUT2D eigenvalue weighted by molar-refractivity contribution is -0.141. The lowest BCUT2D eigenvalue weighted by Crippen LogP contribution is -2.41. The quantitative estimate of drug-likeness (QED) is 0.789. The molecule has 1 amide bonds. The van der Waals surface area contributed by atoms with E-state index in [-0.39, 0.29) is 28.9 Å². The molecular formula is C19H29NO4. The molecule has 0 aliphatic heterocycles. The number of aliphatic carboxylic acids is 1. The zero-order valence-electron chi connectivity index (χ0n) is 15.7. The predicted octanol–water partition coefficient (Wildman–Crippen LogP) is 3.12. The van der Waals surface area contributed by atoms with Crippen LogP contribution in [0.5, 0.6) is 5.75 Å². The molecule has 0 aliphatic rings. The number of nitrogens with one attached hydrogen (secondary N) is 1. The molecule has 1 aromatic rings. The second-order valence-corrected chi connectivity index (χ2v) is 8.34. The van der Waals surface area contributed by atoms with Crippen LogP contribution in [0.1, 0.15) is 65.2 Å². The number of hydrogen-bond acceptors (Lipinski definition) is 3. The van der Waals surface area contributed by atoms with Crippen LogP contribution < -0.4 is 5.32 Å². The van der Waals surface area contributed by atoms with Gasteiger partial charge in [-0.25, -0.2) is 4.79 Å². The Morgan fingerprint density at radius 2 is 1.46 bits per heavy atom. The van der Waals surface area contributed by atoms with E-state index in [9.17, 15) is 19.8 Å². The van der Waals surface area contributed by atoms with Crippen molar-refractivity contribution >= 4 is 11.9 Å². The van der Waals surface area contributed by atoms with Gasteiger partial charge in [-0.05, 0) is 27.5 Å². The summed E-state index contributed by atoms with van der Waals surface area (Å²) < 4.78 is 0. The van der Waals surface area contributed by atoms with E-state index in [1.165, 1.54) is 6.92 Å². The Labute approximate surface area is 144 Å². The number of carboxylic acids is 1. The molecule has 1 unspecified atom stereocenters. The van der Waals surface area contributed by atoms with Gasteiger partial charge in [-0.15, -0.1) is 0 Å². The molecule has 0 radical (unpaired) electrons. The van der Waals surface area contributed by atoms with Gasteiger partial charge < -0.3 is 15.5 Å². The van der Waals surface area contributed by atoms with E-state index in [1.54, 1.807) is 0 Å². The summed E-state index contributed by atoms with van der Waals surface area (Å²) in [5.41, 5.74) is 1.76. The molecule has 0 bridgehead atoms. The zero-order valence-corrected chi connectivity index (χ0v) is 15.7. The first-order valence-corrected chi connectivity index (χ1v) is 8.10. The Hall–Kier alpha value is -2.04. The van der Waals surface area contributed by atoms with E-state index in [1.807, 2.05) is 53.7 Å². The van der Waals surface area contributed by atoms with E-state index >= 15 is 0 Å². The number of amides is 1. The van der Waals surface area contributed by atoms with Crippen LogP contribution in [0.25, 0.3) is 0 Å². The van der Waals surface area contributed by atoms with Gasteiger partial charge in [0.1, 0.15) is 11.8 Å². The minimum atomic E-state index is -1.08. The van der Waals surface area contributed by atoms with Gasteiger partial charge in [0.15, 0.2) is 0 Å². The number of carbonyl (C=O) groups excluding carboxylic acids is 1. The van der Waals surface area contributed by atoms with Crippen molar-refractivity contribution in [1.82, 2.24) is 5.32 Å². The summed E-state index contributed by atoms with van der Waals surface area (Å²) in [5.74, 6) is -1.20. The number of aromatic hydroxyl groups is 1. The molecule has 0 spiro atoms. The van der Waals surface area contributed by atoms with Gasteiger partial charge in [-0.1, -0.05) is 53.7 Å². The predicted molar refractivity (Wildman–Crippen MR) is 94.5 cm³/mol. The molecule has 0 heterocycles. The van der Waals surface area contributed by atoms with E-state index in [0.717, 1.165) is 16.7 Å². The normalized spacial score (nSPS) is 13.5. The fourth-order valence-corrected chi connectivity index (χ4v) is 2.64. The van der Waals surface area contributed by atoms with Crippen LogP contribution in [-0.2, 0) is 26.8 Å². The van der Waals surface area contributed by atoms with Crippen molar-refractivity contribution < 1.29 is 19.8 Å². The lowest BCUT2D eigenvalue weighted by Gasteiger charge is -2.28. The Kier molecular flexibility index (Phi) is 5.70. The molecule has 0 aliphatic carbocycles. The van der Waals surface area contributed by atoms with Gasteiger partial charge >= 0.3 is 5.97 Å². The molecule has 5 nitrogen and oxygen atoms in total. The van der Waals surface area contributed by atoms with Gasteiger partial charge in [-0.3, -0.25) is 4.79 Å². The maximum absolute atomic E-state index is 11.4. The summed E-state index contributed by atoms with van der Waals surface area (Å²) in [5, 5.41) is 22.5. The summed E-state index contributed by atoms with van der Waals surface area (Å²) in [6.45, 7) is 13.3. The van der Waals surface area contributed by atoms with Crippen molar-refractivity contribution in [3.8, 4) is 5.75 Å². The van der Waals surface area contributed by atoms with E-state index in [0.29, 0.717) is 0 Å². The molecule has 5 heteroatoms. The molecule has 24 heavy (non-hydrogen) atoms. The first kappa shape index (κ1) is 20.0. The van der Waals surface area contributed by atoms with Crippen molar-refractivity contribution in [2.24, 2.45) is 0 Å². The first-order valence-electron chi connectivity index (χ1n) is 8.10. The molecule has 3 N–H and O–H groups in total. The highest BCUT2D eigenvalue weighted by atomic mass is 16.4. The Balaban J connectivity index is 3.43. The maximum atomic E-state index is 11.4. The second-order valence-electron chi connectivity index (χ2n) is 8.34. The topological polar surface area (TPSA) is 86.6 Å². The third-order valence-corrected chi connectivity index (χ3v) is 3.90. The van der Waals surface area contributed by atoms with Crippen LogP contribution in [-0.4, -0.2) is 28.1 Å². The Morgan fingerprint density at radius 1 is 1.04 bits per heavy atom. The number of rotatable bonds is 4. The number of phenols is 1. The highest BCUT2D eigenvalue weighted by Crippen LogP contribution is 2.39. The number of carbonyl (C=O) groups is 2. The van der Waals surface area contributed by atoms with Crippen LogP contribution >= 0.6 is 0 Å². The van der Waals surface area contributed by atoms with Crippen LogP contribution in [0.4, 0.5) is 0 Å². The summed E-state index contributed by atoms with van der Waals surface area (Å²) >= 11 is 0. The van der Waals surface area contributed by atoms with E-state index in [2.05, 4.69) is 5.32 Å². The van der Waals surface area contributed by atoms with Crippen molar-refractivity contribution in [3.05, 3.63) is 28.8 Å². The SMILES string of the molecule is CC(=O)NC(Cc1cc(C(C)(C)C)c(O)c(C(C)(C)C)c1)C(=O)O. The van der Waals surface area contributed by atoms with Gasteiger partial charge in [0.25, 0.3) is 0 Å². The standard InChI is InChI=1S/C19H29NO4/c1-11(21)20-15(17(23)24)10-12-8-13(18(2,3)4)16(22)14(9-12)19(5,6)7/h8-9,15,22H,10H2,1-7H3,(H,20,21)(H,23,24). The lowest BCUT2D eigenvalue weighted by atomic mass is 9.78. The molecule has 134 valence electrons. The smallest absolute Gasteiger partial charge is 0.326 e. The third kappa shape index (κ3) is 4.98. The van der Waals surface area contributed by atoms with Crippen LogP contribution in [0, 0.1) is 0 Å². The molecule has 1 rings (SSSR count). The Morgan fingerprint density at radius 3 is 1.75 bits per heavy atom. The summed E-state index contributed by atoms with van der Waals surface area (Å²) in [7, 11) is 0. The summed E-state index contributed by atoms with van der Waals surface area (Å²) in [4.78, 5) is 22.6. The molecule has 0 saturated carbocycles. The molecular weight excluding hydrogens is 306 g/mol. The fourth-order valence-electron chi connectivity index (χ4n) is 2.64. The third-order valence-electron chi connectivity index (χ3n) is 3.90. The van der Waals surface area contributed by atoms with Crippen LogP contribution in [0.3, 0.4) is 0 Å². The highest BCUT2D eigenvalue weighted by Gasteiger charge is 2.28. The number of hydrogen-bond donors (Lipinski definition) is 3. The molecule has 0 saturated heterocycles. The van der Waals surface area contributed by atoms with E-state index < -0.39 is 12.0 Å². The van der Waals surface area contributed by atoms with Gasteiger partial charge in [0.2, 0.25) is 5.91 Å². The number of phenolic OH excluding ortho intramolecular Hbond substituents is 1. The molecule has 1 atom stereocenters. The van der Waals surface area contributed by atoms with Crippen molar-refractivity contribution in [1.29, 1.82) is 0 Å². The zero-order chi connectivity index (χ0) is 18.9. The van der Waals surface area contributed by atoms with Gasteiger partial charge in [0, 0.05) is 13.3 Å². The molecule has 0 aromatic heterocycles. The first-order chi connectivity index (χ1) is 10.7. The largest absolute Gasteiger partial charge is 0.507 e. The van der Waals surface area contributed by atoms with E-state index in [4.69, 9.17) is 0 Å². The summed E-state index contributed by atoms with van der Waals surface area (Å²) in [6.07, 6.45) is 0.168. The maximum Gasteiger partial charge on any atom is 0.326 e. The van der Waals surface area contributed by atoms with Crippen LogP contribution in [0.15, 0.2) is 12.1 Å². The van der Waals surface area contributed by atoms with Crippen molar-refractivity contribution in [2.45, 2.75) is 71.8 Å². The minimum absolute atomic E-state index is 0.168. The average Bonchev–Trinajstić information content (AvgIpc) is 2.36. The fraction of sp³-hybridized carbons (Fsp3) is 0.579. The average molecular weight is 335 g/mol. The molecule has 0 fully saturated rings. The minimum Gasteiger partial charge on any atom is -0.507 e.